The van der Waals surface area contributed by atoms with E-state index in [2.05, 4.69) is 82.3 Å². The predicted octanol–water partition coefficient (Wildman–Crippen LogP) is 3.67. The van der Waals surface area contributed by atoms with Gasteiger partial charge in [-0.2, -0.15) is 0 Å². The summed E-state index contributed by atoms with van der Waals surface area (Å²) >= 11 is -2.03. The Kier molecular flexibility index (Phi) is 3.59. The van der Waals surface area contributed by atoms with Gasteiger partial charge in [0.1, 0.15) is 0 Å². The first-order chi connectivity index (χ1) is 9.50. The number of hydrogen-bond acceptors (Lipinski definition) is 0. The molecule has 2 aromatic rings. The van der Waals surface area contributed by atoms with E-state index < -0.39 is 21.8 Å². The van der Waals surface area contributed by atoms with Gasteiger partial charge in [0.05, 0.1) is 0 Å². The average molecular weight is 458 g/mol. The molecule has 0 spiro atoms. The zero-order valence-electron chi connectivity index (χ0n) is 12.6. The third-order valence-electron chi connectivity index (χ3n) is 3.85. The molecular formula is C19H21Bi. The Morgan fingerprint density at radius 1 is 0.800 bits per heavy atom. The molecular weight excluding hydrogens is 437 g/mol. The number of hydrogen-bond donors (Lipinski definition) is 0. The number of benzene rings is 2. The summed E-state index contributed by atoms with van der Waals surface area (Å²) in [5, 5.41) is 0. The van der Waals surface area contributed by atoms with Crippen molar-refractivity contribution in [2.24, 2.45) is 5.41 Å². The number of fused-ring (bicyclic) bond motifs is 1. The molecule has 1 heteroatoms. The van der Waals surface area contributed by atoms with Crippen LogP contribution in [0.1, 0.15) is 33.3 Å². The molecule has 0 atom stereocenters. The molecule has 0 aromatic heterocycles. The molecule has 0 unspecified atom stereocenters. The summed E-state index contributed by atoms with van der Waals surface area (Å²) in [6.45, 7) is 9.46. The van der Waals surface area contributed by atoms with E-state index in [1.54, 1.807) is 15.4 Å². The molecule has 0 fully saturated rings. The Balaban J connectivity index is 2.25. The van der Waals surface area contributed by atoms with Gasteiger partial charge in [-0.3, -0.25) is 0 Å². The molecule has 0 saturated heterocycles. The minimum atomic E-state index is -2.03. The van der Waals surface area contributed by atoms with Crippen LogP contribution >= 0.6 is 0 Å². The monoisotopic (exact) mass is 458 g/mol. The van der Waals surface area contributed by atoms with Crippen molar-refractivity contribution in [1.29, 1.82) is 0 Å². The standard InChI is InChI=1S/C13H16.C6H5.Bi/c1-11(10-13(2,3)4)12-8-6-5-7-9-12;1-2-4-6-5-3-1;/h5-8H,1-4H3;1-5H;. The van der Waals surface area contributed by atoms with Gasteiger partial charge in [0, 0.05) is 0 Å². The van der Waals surface area contributed by atoms with Crippen LogP contribution in [0.3, 0.4) is 0 Å². The van der Waals surface area contributed by atoms with Gasteiger partial charge in [-0.25, -0.2) is 0 Å². The number of allylic oxidation sites excluding steroid dienone is 2. The molecule has 0 radical (unpaired) electrons. The Hall–Kier alpha value is -0.937. The van der Waals surface area contributed by atoms with E-state index in [4.69, 9.17) is 0 Å². The van der Waals surface area contributed by atoms with E-state index in [1.807, 2.05) is 0 Å². The molecule has 1 aliphatic heterocycles. The second-order valence-corrected chi connectivity index (χ2v) is 14.6. The van der Waals surface area contributed by atoms with E-state index in [-0.39, 0.29) is 5.41 Å². The normalized spacial score (nSPS) is 15.6. The van der Waals surface area contributed by atoms with Crippen molar-refractivity contribution < 1.29 is 0 Å². The first-order valence-corrected chi connectivity index (χ1v) is 12.4. The third kappa shape index (κ3) is 2.27. The van der Waals surface area contributed by atoms with Crippen molar-refractivity contribution in [3.8, 4) is 0 Å². The van der Waals surface area contributed by atoms with E-state index >= 15 is 0 Å². The topological polar surface area (TPSA) is 0 Å². The van der Waals surface area contributed by atoms with Crippen LogP contribution in [0.15, 0.2) is 57.9 Å². The quantitative estimate of drug-likeness (QED) is 0.573. The Labute approximate surface area is 130 Å². The van der Waals surface area contributed by atoms with Crippen molar-refractivity contribution in [3.63, 3.8) is 0 Å². The Morgan fingerprint density at radius 2 is 1.40 bits per heavy atom. The van der Waals surface area contributed by atoms with Crippen molar-refractivity contribution >= 4 is 33.9 Å². The van der Waals surface area contributed by atoms with Crippen molar-refractivity contribution in [3.05, 3.63) is 63.4 Å². The van der Waals surface area contributed by atoms with E-state index in [1.165, 1.54) is 5.56 Å². The van der Waals surface area contributed by atoms with Gasteiger partial charge in [0.15, 0.2) is 0 Å². The Morgan fingerprint density at radius 3 is 2.05 bits per heavy atom. The number of rotatable bonds is 1. The summed E-state index contributed by atoms with van der Waals surface area (Å²) < 4.78 is 5.03. The minimum absolute atomic E-state index is 0.275. The molecule has 102 valence electrons. The van der Waals surface area contributed by atoms with Gasteiger partial charge < -0.3 is 0 Å². The summed E-state index contributed by atoms with van der Waals surface area (Å²) in [4.78, 5) is 0. The van der Waals surface area contributed by atoms with Crippen LogP contribution in [0.25, 0.3) is 5.57 Å². The maximum absolute atomic E-state index is 2.38. The molecule has 0 aliphatic carbocycles. The van der Waals surface area contributed by atoms with Crippen LogP contribution in [-0.4, -0.2) is 21.8 Å². The van der Waals surface area contributed by atoms with E-state index in [9.17, 15) is 0 Å². The Bertz CT molecular complexity index is 660. The predicted molar refractivity (Wildman–Crippen MR) is 90.0 cm³/mol. The van der Waals surface area contributed by atoms with Crippen molar-refractivity contribution in [2.75, 3.05) is 0 Å². The van der Waals surface area contributed by atoms with Crippen LogP contribution < -0.4 is 6.54 Å². The summed E-state index contributed by atoms with van der Waals surface area (Å²) in [6, 6.07) is 20.3. The van der Waals surface area contributed by atoms with Gasteiger partial charge in [0.2, 0.25) is 0 Å². The maximum atomic E-state index is 2.38. The van der Waals surface area contributed by atoms with E-state index in [0.717, 1.165) is 0 Å². The van der Waals surface area contributed by atoms with Crippen LogP contribution in [0.2, 0.25) is 0 Å². The van der Waals surface area contributed by atoms with Gasteiger partial charge in [-0.05, 0) is 0 Å². The second kappa shape index (κ2) is 5.12. The van der Waals surface area contributed by atoms with Gasteiger partial charge >= 0.3 is 130 Å². The van der Waals surface area contributed by atoms with Crippen LogP contribution in [-0.2, 0) is 0 Å². The first kappa shape index (κ1) is 14.0. The van der Waals surface area contributed by atoms with Crippen molar-refractivity contribution in [1.82, 2.24) is 0 Å². The van der Waals surface area contributed by atoms with Gasteiger partial charge in [-0.15, -0.1) is 0 Å². The molecule has 3 rings (SSSR count). The molecule has 0 saturated carbocycles. The van der Waals surface area contributed by atoms with E-state index in [0.29, 0.717) is 0 Å². The van der Waals surface area contributed by atoms with Gasteiger partial charge in [0.25, 0.3) is 0 Å². The summed E-state index contributed by atoms with van der Waals surface area (Å²) in [7, 11) is 0. The molecule has 2 aromatic carbocycles. The SMILES string of the molecule is CC1=[C](C(C)(C)C)[Bi]([c]2ccccc2)[c]2ccccc21. The van der Waals surface area contributed by atoms with Crippen LogP contribution in [0.4, 0.5) is 0 Å². The summed E-state index contributed by atoms with van der Waals surface area (Å²) in [5.41, 5.74) is 3.34. The zero-order valence-corrected chi connectivity index (χ0v) is 16.1. The van der Waals surface area contributed by atoms with Crippen molar-refractivity contribution in [2.45, 2.75) is 27.7 Å². The summed E-state index contributed by atoms with van der Waals surface area (Å²) in [5.74, 6) is 0. The molecule has 0 bridgehead atoms. The molecule has 1 heterocycles. The average Bonchev–Trinajstić information content (AvgIpc) is 2.74. The fourth-order valence-electron chi connectivity index (χ4n) is 3.14. The first-order valence-electron chi connectivity index (χ1n) is 7.16. The molecule has 20 heavy (non-hydrogen) atoms. The van der Waals surface area contributed by atoms with Crippen LogP contribution in [0, 0.1) is 5.41 Å². The molecule has 1 aliphatic rings. The molecule has 0 N–H and O–H groups in total. The fourth-order valence-corrected chi connectivity index (χ4v) is 15.2. The van der Waals surface area contributed by atoms with Crippen LogP contribution in [0.5, 0.6) is 0 Å². The molecule has 0 amide bonds. The zero-order chi connectivity index (χ0) is 14.3. The van der Waals surface area contributed by atoms with Gasteiger partial charge in [-0.1, -0.05) is 0 Å². The molecule has 0 nitrogen and oxygen atoms in total. The fraction of sp³-hybridized carbons (Fsp3) is 0.263. The third-order valence-corrected chi connectivity index (χ3v) is 16.1. The summed E-state index contributed by atoms with van der Waals surface area (Å²) in [6.07, 6.45) is 0. The second-order valence-electron chi connectivity index (χ2n) is 6.41.